The molecule has 0 aliphatic rings. The van der Waals surface area contributed by atoms with E-state index in [1.165, 1.54) is 69.8 Å². The van der Waals surface area contributed by atoms with Gasteiger partial charge in [0.1, 0.15) is 17.3 Å². The summed E-state index contributed by atoms with van der Waals surface area (Å²) in [6.45, 7) is -0.710. The van der Waals surface area contributed by atoms with Crippen molar-refractivity contribution in [2.75, 3.05) is 32.2 Å². The van der Waals surface area contributed by atoms with Crippen LogP contribution >= 0.6 is 11.6 Å². The van der Waals surface area contributed by atoms with Gasteiger partial charge in [-0.25, -0.2) is 17.6 Å². The molecule has 0 unspecified atom stereocenters. The quantitative estimate of drug-likeness (QED) is 0.305. The monoisotopic (exact) mass is 521 g/mol. The first kappa shape index (κ1) is 26.0. The summed E-state index contributed by atoms with van der Waals surface area (Å²) in [7, 11) is -0.0887. The number of Topliss-reactive ketones (excluding diaryl/α,β-unsaturated/α-hetero) is 1. The average molecular weight is 522 g/mol. The van der Waals surface area contributed by atoms with Crippen molar-refractivity contribution in [1.29, 1.82) is 0 Å². The molecule has 184 valence electrons. The van der Waals surface area contributed by atoms with Crippen molar-refractivity contribution in [2.24, 2.45) is 0 Å². The van der Waals surface area contributed by atoms with Crippen LogP contribution in [0.25, 0.3) is 0 Å². The van der Waals surface area contributed by atoms with Crippen LogP contribution in [-0.4, -0.2) is 48.0 Å². The van der Waals surface area contributed by atoms with Crippen LogP contribution in [0, 0.1) is 5.82 Å². The van der Waals surface area contributed by atoms with Crippen LogP contribution in [0.3, 0.4) is 0 Å². The molecule has 0 aromatic heterocycles. The third-order valence-electron chi connectivity index (χ3n) is 5.03. The number of esters is 1. The standard InChI is InChI=1S/C24H21ClFNO7S/c1-27(20-12-18(25)22(32-2)13-23(20)33-3)35(30,31)16-8-6-7-15(11-16)24(29)34-14-21(28)17-9-4-5-10-19(17)26/h4-13H,14H2,1-3H3. The van der Waals surface area contributed by atoms with E-state index in [0.29, 0.717) is 5.75 Å². The van der Waals surface area contributed by atoms with Gasteiger partial charge in [-0.2, -0.15) is 0 Å². The minimum atomic E-state index is -4.17. The first-order valence-corrected chi connectivity index (χ1v) is 11.9. The molecule has 0 heterocycles. The highest BCUT2D eigenvalue weighted by Gasteiger charge is 2.26. The van der Waals surface area contributed by atoms with Gasteiger partial charge in [0.05, 0.1) is 41.0 Å². The van der Waals surface area contributed by atoms with Crippen molar-refractivity contribution in [1.82, 2.24) is 0 Å². The van der Waals surface area contributed by atoms with Gasteiger partial charge in [-0.05, 0) is 36.4 Å². The molecule has 0 radical (unpaired) electrons. The van der Waals surface area contributed by atoms with Crippen molar-refractivity contribution in [3.8, 4) is 11.5 Å². The van der Waals surface area contributed by atoms with E-state index in [2.05, 4.69) is 0 Å². The van der Waals surface area contributed by atoms with Crippen LogP contribution in [-0.2, 0) is 14.8 Å². The Hall–Kier alpha value is -3.63. The molecule has 0 spiro atoms. The third-order valence-corrected chi connectivity index (χ3v) is 7.09. The fraction of sp³-hybridized carbons (Fsp3) is 0.167. The Morgan fingerprint density at radius 2 is 1.66 bits per heavy atom. The second-order valence-corrected chi connectivity index (χ2v) is 9.51. The van der Waals surface area contributed by atoms with Crippen molar-refractivity contribution in [3.05, 3.63) is 82.6 Å². The number of carbonyl (C=O) groups is 2. The first-order valence-electron chi connectivity index (χ1n) is 10.1. The van der Waals surface area contributed by atoms with E-state index in [4.69, 9.17) is 25.8 Å². The first-order chi connectivity index (χ1) is 16.6. The number of ether oxygens (including phenoxy) is 3. The Morgan fingerprint density at radius 3 is 2.31 bits per heavy atom. The Labute approximate surface area is 206 Å². The van der Waals surface area contributed by atoms with Gasteiger partial charge in [-0.1, -0.05) is 29.8 Å². The lowest BCUT2D eigenvalue weighted by Crippen LogP contribution is -2.27. The van der Waals surface area contributed by atoms with Gasteiger partial charge in [-0.15, -0.1) is 0 Å². The number of nitrogens with zero attached hydrogens (tertiary/aromatic N) is 1. The predicted octanol–water partition coefficient (Wildman–Crippen LogP) is 4.36. The number of ketones is 1. The summed E-state index contributed by atoms with van der Waals surface area (Å²) in [5.74, 6) is -1.92. The van der Waals surface area contributed by atoms with Crippen LogP contribution in [0.2, 0.25) is 5.02 Å². The molecule has 0 saturated heterocycles. The normalized spacial score (nSPS) is 11.0. The zero-order valence-electron chi connectivity index (χ0n) is 18.9. The number of methoxy groups -OCH3 is 2. The van der Waals surface area contributed by atoms with Crippen LogP contribution in [0.4, 0.5) is 10.1 Å². The van der Waals surface area contributed by atoms with Crippen molar-refractivity contribution >= 4 is 39.1 Å². The number of hydrogen-bond acceptors (Lipinski definition) is 7. The molecule has 0 amide bonds. The van der Waals surface area contributed by atoms with E-state index in [9.17, 15) is 22.4 Å². The number of benzene rings is 3. The number of anilines is 1. The zero-order chi connectivity index (χ0) is 25.8. The minimum Gasteiger partial charge on any atom is -0.495 e. The maximum absolute atomic E-state index is 13.8. The SMILES string of the molecule is COc1cc(OC)c(N(C)S(=O)(=O)c2cccc(C(=O)OCC(=O)c3ccccc3F)c2)cc1Cl. The maximum atomic E-state index is 13.8. The topological polar surface area (TPSA) is 99.2 Å². The van der Waals surface area contributed by atoms with E-state index < -0.39 is 34.2 Å². The van der Waals surface area contributed by atoms with Crippen LogP contribution in [0.1, 0.15) is 20.7 Å². The highest BCUT2D eigenvalue weighted by Crippen LogP contribution is 2.39. The van der Waals surface area contributed by atoms with Gasteiger partial charge in [0.2, 0.25) is 5.78 Å². The third kappa shape index (κ3) is 5.55. The van der Waals surface area contributed by atoms with E-state index in [-0.39, 0.29) is 32.5 Å². The summed E-state index contributed by atoms with van der Waals surface area (Å²) in [6, 6.07) is 13.2. The Balaban J connectivity index is 1.83. The second kappa shape index (κ2) is 10.7. The Bertz CT molecular complexity index is 1380. The summed E-state index contributed by atoms with van der Waals surface area (Å²) < 4.78 is 56.6. The number of carbonyl (C=O) groups excluding carboxylic acids is 2. The highest BCUT2D eigenvalue weighted by molar-refractivity contribution is 7.92. The van der Waals surface area contributed by atoms with Gasteiger partial charge in [0.15, 0.2) is 6.61 Å². The number of rotatable bonds is 9. The summed E-state index contributed by atoms with van der Waals surface area (Å²) in [4.78, 5) is 24.4. The number of halogens is 2. The Morgan fingerprint density at radius 1 is 0.971 bits per heavy atom. The lowest BCUT2D eigenvalue weighted by atomic mass is 10.1. The average Bonchev–Trinajstić information content (AvgIpc) is 2.86. The molecule has 0 fully saturated rings. The van der Waals surface area contributed by atoms with Crippen LogP contribution < -0.4 is 13.8 Å². The molecular weight excluding hydrogens is 501 g/mol. The second-order valence-electron chi connectivity index (χ2n) is 7.14. The fourth-order valence-electron chi connectivity index (χ4n) is 3.14. The molecule has 3 aromatic carbocycles. The lowest BCUT2D eigenvalue weighted by Gasteiger charge is -2.23. The Kier molecular flexibility index (Phi) is 7.98. The lowest BCUT2D eigenvalue weighted by molar-refractivity contribution is 0.0473. The molecule has 0 bridgehead atoms. The van der Waals surface area contributed by atoms with Gasteiger partial charge < -0.3 is 14.2 Å². The zero-order valence-corrected chi connectivity index (χ0v) is 20.5. The molecule has 0 aliphatic heterocycles. The van der Waals surface area contributed by atoms with Crippen molar-refractivity contribution in [3.63, 3.8) is 0 Å². The molecule has 11 heteroatoms. The smallest absolute Gasteiger partial charge is 0.338 e. The summed E-state index contributed by atoms with van der Waals surface area (Å²) in [5.41, 5.74) is -0.187. The van der Waals surface area contributed by atoms with Gasteiger partial charge in [0.25, 0.3) is 10.0 Å². The van der Waals surface area contributed by atoms with E-state index in [1.807, 2.05) is 0 Å². The molecule has 0 N–H and O–H groups in total. The van der Waals surface area contributed by atoms with E-state index in [1.54, 1.807) is 0 Å². The van der Waals surface area contributed by atoms with E-state index >= 15 is 0 Å². The molecule has 3 rings (SSSR count). The largest absolute Gasteiger partial charge is 0.495 e. The van der Waals surface area contributed by atoms with Crippen molar-refractivity contribution in [2.45, 2.75) is 4.90 Å². The molecule has 0 saturated carbocycles. The molecule has 8 nitrogen and oxygen atoms in total. The molecule has 0 aliphatic carbocycles. The van der Waals surface area contributed by atoms with Gasteiger partial charge in [-0.3, -0.25) is 9.10 Å². The molecule has 35 heavy (non-hydrogen) atoms. The molecule has 0 atom stereocenters. The maximum Gasteiger partial charge on any atom is 0.338 e. The predicted molar refractivity (Wildman–Crippen MR) is 128 cm³/mol. The van der Waals surface area contributed by atoms with Crippen molar-refractivity contribution < 1.29 is 36.6 Å². The highest BCUT2D eigenvalue weighted by atomic mass is 35.5. The summed E-state index contributed by atoms with van der Waals surface area (Å²) in [5, 5.41) is 0.169. The van der Waals surface area contributed by atoms with Gasteiger partial charge >= 0.3 is 5.97 Å². The fourth-order valence-corrected chi connectivity index (χ4v) is 4.62. The summed E-state index contributed by atoms with van der Waals surface area (Å²) >= 11 is 6.17. The molecule has 3 aromatic rings. The number of hydrogen-bond donors (Lipinski definition) is 0. The van der Waals surface area contributed by atoms with Gasteiger partial charge in [0, 0.05) is 13.1 Å². The number of sulfonamides is 1. The summed E-state index contributed by atoms with van der Waals surface area (Å²) in [6.07, 6.45) is 0. The minimum absolute atomic E-state index is 0.111. The molecular formula is C24H21ClFNO7S. The van der Waals surface area contributed by atoms with Crippen LogP contribution in [0.15, 0.2) is 65.6 Å². The van der Waals surface area contributed by atoms with E-state index in [0.717, 1.165) is 16.4 Å². The van der Waals surface area contributed by atoms with Crippen LogP contribution in [0.5, 0.6) is 11.5 Å².